The fraction of sp³-hybridized carbons (Fsp3) is 0.368. The molecule has 1 aliphatic heterocycles. The Balaban J connectivity index is 1.42. The van der Waals surface area contributed by atoms with Crippen LogP contribution in [0, 0.1) is 0 Å². The van der Waals surface area contributed by atoms with Gasteiger partial charge in [0.15, 0.2) is 12.4 Å². The van der Waals surface area contributed by atoms with Crippen molar-refractivity contribution in [2.45, 2.75) is 6.18 Å². The number of piperazine rings is 1. The number of esters is 1. The summed E-state index contributed by atoms with van der Waals surface area (Å²) >= 11 is 5.96. The minimum atomic E-state index is -4.54. The zero-order valence-corrected chi connectivity index (χ0v) is 17.3. The van der Waals surface area contributed by atoms with E-state index in [2.05, 4.69) is 10.3 Å². The van der Waals surface area contributed by atoms with Gasteiger partial charge in [-0.15, -0.1) is 0 Å². The molecule has 1 aliphatic rings. The fourth-order valence-corrected chi connectivity index (χ4v) is 3.20. The molecule has 3 rings (SSSR count). The van der Waals surface area contributed by atoms with E-state index in [0.717, 1.165) is 6.07 Å². The number of ether oxygens (including phenoxy) is 1. The number of alkyl halides is 3. The summed E-state index contributed by atoms with van der Waals surface area (Å²) in [4.78, 5) is 42.6. The molecule has 0 unspecified atom stereocenters. The lowest BCUT2D eigenvalue weighted by Crippen LogP contribution is -2.50. The number of carbonyl (C=O) groups is 3. The monoisotopic (exact) mass is 474 g/mol. The maximum absolute atomic E-state index is 12.7. The summed E-state index contributed by atoms with van der Waals surface area (Å²) in [7, 11) is 0. The maximum Gasteiger partial charge on any atom is 0.417 e. The standard InChI is InChI=1S/C19H18ClF3N4O5/c20-13-8-12(19(21,22)23)9-24-17(13)27-5-3-26(4-6-27)15(28)11-32-16(29)10-25-18(30)14-2-1-7-31-14/h1-2,7-9H,3-6,10-11H2,(H,25,30). The molecule has 2 aromatic rings. The number of rotatable bonds is 6. The third-order valence-corrected chi connectivity index (χ3v) is 4.85. The van der Waals surface area contributed by atoms with Crippen LogP contribution in [0.5, 0.6) is 0 Å². The van der Waals surface area contributed by atoms with E-state index < -0.39 is 42.7 Å². The van der Waals surface area contributed by atoms with Gasteiger partial charge in [-0.05, 0) is 18.2 Å². The molecule has 13 heteroatoms. The minimum absolute atomic E-state index is 0.0365. The van der Waals surface area contributed by atoms with Crippen molar-refractivity contribution in [3.05, 3.63) is 47.0 Å². The number of nitrogens with one attached hydrogen (secondary N) is 1. The summed E-state index contributed by atoms with van der Waals surface area (Å²) < 4.78 is 48.0. The Morgan fingerprint density at radius 1 is 1.22 bits per heavy atom. The summed E-state index contributed by atoms with van der Waals surface area (Å²) in [5.41, 5.74) is -0.942. The molecule has 0 aliphatic carbocycles. The topological polar surface area (TPSA) is 105 Å². The number of pyridine rings is 1. The van der Waals surface area contributed by atoms with Crippen LogP contribution in [-0.4, -0.2) is 67.0 Å². The molecule has 172 valence electrons. The van der Waals surface area contributed by atoms with Crippen molar-refractivity contribution in [2.24, 2.45) is 0 Å². The molecular weight excluding hydrogens is 457 g/mol. The lowest BCUT2D eigenvalue weighted by Gasteiger charge is -2.35. The molecule has 0 bridgehead atoms. The summed E-state index contributed by atoms with van der Waals surface area (Å²) in [6, 6.07) is 3.76. The number of nitrogens with zero attached hydrogens (tertiary/aromatic N) is 3. The SMILES string of the molecule is O=C(CNC(=O)c1ccco1)OCC(=O)N1CCN(c2ncc(C(F)(F)F)cc2Cl)CC1. The largest absolute Gasteiger partial charge is 0.459 e. The number of furan rings is 1. The Kier molecular flexibility index (Phi) is 7.23. The van der Waals surface area contributed by atoms with Crippen LogP contribution in [0.1, 0.15) is 16.1 Å². The number of hydrogen-bond acceptors (Lipinski definition) is 7. The van der Waals surface area contributed by atoms with Crippen molar-refractivity contribution in [2.75, 3.05) is 44.2 Å². The third kappa shape index (κ3) is 5.90. The van der Waals surface area contributed by atoms with E-state index in [1.807, 2.05) is 0 Å². The van der Waals surface area contributed by atoms with Crippen LogP contribution in [0.3, 0.4) is 0 Å². The van der Waals surface area contributed by atoms with Crippen LogP contribution >= 0.6 is 11.6 Å². The highest BCUT2D eigenvalue weighted by molar-refractivity contribution is 6.33. The minimum Gasteiger partial charge on any atom is -0.459 e. The van der Waals surface area contributed by atoms with Gasteiger partial charge in [-0.1, -0.05) is 11.6 Å². The van der Waals surface area contributed by atoms with E-state index >= 15 is 0 Å². The Hall–Kier alpha value is -3.28. The first-order chi connectivity index (χ1) is 15.1. The number of anilines is 1. The highest BCUT2D eigenvalue weighted by Crippen LogP contribution is 2.33. The van der Waals surface area contributed by atoms with Crippen molar-refractivity contribution in [3.8, 4) is 0 Å². The predicted molar refractivity (Wildman–Crippen MR) is 105 cm³/mol. The highest BCUT2D eigenvalue weighted by atomic mass is 35.5. The molecule has 0 saturated carbocycles. The highest BCUT2D eigenvalue weighted by Gasteiger charge is 2.32. The lowest BCUT2D eigenvalue weighted by atomic mass is 10.2. The van der Waals surface area contributed by atoms with Crippen molar-refractivity contribution in [3.63, 3.8) is 0 Å². The number of carbonyl (C=O) groups excluding carboxylic acids is 3. The van der Waals surface area contributed by atoms with Gasteiger partial charge in [0.25, 0.3) is 11.8 Å². The normalized spacial score (nSPS) is 14.2. The summed E-state index contributed by atoms with van der Waals surface area (Å²) in [5, 5.41) is 2.17. The van der Waals surface area contributed by atoms with Gasteiger partial charge in [-0.3, -0.25) is 14.4 Å². The van der Waals surface area contributed by atoms with Gasteiger partial charge in [-0.25, -0.2) is 4.98 Å². The predicted octanol–water partition coefficient (Wildman–Crippen LogP) is 1.97. The van der Waals surface area contributed by atoms with Gasteiger partial charge in [0.2, 0.25) is 0 Å². The molecule has 0 radical (unpaired) electrons. The van der Waals surface area contributed by atoms with Crippen LogP contribution < -0.4 is 10.2 Å². The van der Waals surface area contributed by atoms with Crippen LogP contribution in [0.2, 0.25) is 5.02 Å². The smallest absolute Gasteiger partial charge is 0.417 e. The van der Waals surface area contributed by atoms with Crippen molar-refractivity contribution >= 4 is 35.2 Å². The lowest BCUT2D eigenvalue weighted by molar-refractivity contribution is -0.151. The zero-order valence-electron chi connectivity index (χ0n) is 16.5. The average Bonchev–Trinajstić information content (AvgIpc) is 3.30. The molecular formula is C19H18ClF3N4O5. The molecule has 1 fully saturated rings. The summed E-state index contributed by atoms with van der Waals surface area (Å²) in [6.45, 7) is 0.122. The number of amides is 2. The van der Waals surface area contributed by atoms with E-state index in [4.69, 9.17) is 20.8 Å². The van der Waals surface area contributed by atoms with Gasteiger partial charge in [-0.2, -0.15) is 13.2 Å². The van der Waals surface area contributed by atoms with Crippen molar-refractivity contribution < 1.29 is 36.7 Å². The summed E-state index contributed by atoms with van der Waals surface area (Å²) in [5.74, 6) is -1.59. The van der Waals surface area contributed by atoms with E-state index in [9.17, 15) is 27.6 Å². The van der Waals surface area contributed by atoms with Crippen molar-refractivity contribution in [1.82, 2.24) is 15.2 Å². The van der Waals surface area contributed by atoms with Crippen LogP contribution in [-0.2, 0) is 20.5 Å². The van der Waals surface area contributed by atoms with E-state index in [1.165, 1.54) is 23.3 Å². The van der Waals surface area contributed by atoms with Gasteiger partial charge in [0.1, 0.15) is 12.4 Å². The van der Waals surface area contributed by atoms with Crippen LogP contribution in [0.25, 0.3) is 0 Å². The number of hydrogen-bond donors (Lipinski definition) is 1. The molecule has 0 spiro atoms. The molecule has 9 nitrogen and oxygen atoms in total. The first kappa shape index (κ1) is 23.4. The van der Waals surface area contributed by atoms with Crippen molar-refractivity contribution in [1.29, 1.82) is 0 Å². The van der Waals surface area contributed by atoms with E-state index in [0.29, 0.717) is 6.20 Å². The van der Waals surface area contributed by atoms with Gasteiger partial charge < -0.3 is 24.3 Å². The maximum atomic E-state index is 12.7. The molecule has 3 heterocycles. The molecule has 0 aromatic carbocycles. The van der Waals surface area contributed by atoms with Crippen LogP contribution in [0.4, 0.5) is 19.0 Å². The Morgan fingerprint density at radius 2 is 1.94 bits per heavy atom. The Morgan fingerprint density at radius 3 is 2.53 bits per heavy atom. The molecule has 2 amide bonds. The van der Waals surface area contributed by atoms with E-state index in [-0.39, 0.29) is 42.8 Å². The molecule has 1 N–H and O–H groups in total. The Labute approximate surface area is 185 Å². The summed E-state index contributed by atoms with van der Waals surface area (Å²) in [6.07, 6.45) is -2.52. The first-order valence-corrected chi connectivity index (χ1v) is 9.75. The second-order valence-corrected chi connectivity index (χ2v) is 7.12. The Bertz CT molecular complexity index is 976. The average molecular weight is 475 g/mol. The fourth-order valence-electron chi connectivity index (χ4n) is 2.92. The van der Waals surface area contributed by atoms with Gasteiger partial charge >= 0.3 is 12.1 Å². The molecule has 2 aromatic heterocycles. The second-order valence-electron chi connectivity index (χ2n) is 6.72. The quantitative estimate of drug-likeness (QED) is 0.638. The third-order valence-electron chi connectivity index (χ3n) is 4.58. The number of halogens is 4. The first-order valence-electron chi connectivity index (χ1n) is 9.38. The van der Waals surface area contributed by atoms with Gasteiger partial charge in [0, 0.05) is 32.4 Å². The second kappa shape index (κ2) is 9.90. The molecule has 32 heavy (non-hydrogen) atoms. The van der Waals surface area contributed by atoms with Gasteiger partial charge in [0.05, 0.1) is 16.8 Å². The number of aromatic nitrogens is 1. The zero-order chi connectivity index (χ0) is 23.3. The van der Waals surface area contributed by atoms with E-state index in [1.54, 1.807) is 4.90 Å². The van der Waals surface area contributed by atoms with Crippen LogP contribution in [0.15, 0.2) is 35.1 Å². The molecule has 0 atom stereocenters. The molecule has 1 saturated heterocycles.